The first-order chi connectivity index (χ1) is 8.01. The fraction of sp³-hybridized carbons (Fsp3) is 0.857. The summed E-state index contributed by atoms with van der Waals surface area (Å²) in [6.07, 6.45) is 6.06. The van der Waals surface area contributed by atoms with Gasteiger partial charge in [-0.1, -0.05) is 46.5 Å². The fourth-order valence-electron chi connectivity index (χ4n) is 2.25. The molecule has 0 bridgehead atoms. The second kappa shape index (κ2) is 6.05. The standard InChI is InChI=1S/C14H24N2O/c1-11(2)12(3)13(17)16-14(10-15)8-6-4-5-7-9-14/h11-12H,4-9H2,1-3H3,(H,16,17). The van der Waals surface area contributed by atoms with Crippen molar-refractivity contribution < 1.29 is 4.79 Å². The third-order valence-corrected chi connectivity index (χ3v) is 3.95. The minimum absolute atomic E-state index is 0.0246. The van der Waals surface area contributed by atoms with Crippen LogP contribution in [0.25, 0.3) is 0 Å². The van der Waals surface area contributed by atoms with Crippen LogP contribution >= 0.6 is 0 Å². The van der Waals surface area contributed by atoms with Crippen molar-refractivity contribution in [2.24, 2.45) is 11.8 Å². The van der Waals surface area contributed by atoms with Crippen molar-refractivity contribution in [2.75, 3.05) is 0 Å². The minimum Gasteiger partial charge on any atom is -0.338 e. The Balaban J connectivity index is 2.68. The van der Waals surface area contributed by atoms with Gasteiger partial charge in [0.15, 0.2) is 0 Å². The summed E-state index contributed by atoms with van der Waals surface area (Å²) in [6, 6.07) is 2.35. The molecule has 3 nitrogen and oxygen atoms in total. The van der Waals surface area contributed by atoms with Crippen molar-refractivity contribution in [2.45, 2.75) is 64.8 Å². The molecule has 96 valence electrons. The predicted molar refractivity (Wildman–Crippen MR) is 68.2 cm³/mol. The summed E-state index contributed by atoms with van der Waals surface area (Å²) in [5.74, 6) is 0.323. The van der Waals surface area contributed by atoms with Crippen molar-refractivity contribution in [3.63, 3.8) is 0 Å². The Bertz CT molecular complexity index is 296. The van der Waals surface area contributed by atoms with Crippen LogP contribution in [-0.4, -0.2) is 11.4 Å². The molecule has 0 saturated heterocycles. The highest BCUT2D eigenvalue weighted by Crippen LogP contribution is 2.27. The molecule has 0 aromatic carbocycles. The van der Waals surface area contributed by atoms with Gasteiger partial charge in [-0.15, -0.1) is 0 Å². The monoisotopic (exact) mass is 236 g/mol. The molecule has 3 heteroatoms. The van der Waals surface area contributed by atoms with Crippen LogP contribution in [0, 0.1) is 23.2 Å². The molecular weight excluding hydrogens is 212 g/mol. The first-order valence-corrected chi connectivity index (χ1v) is 6.74. The van der Waals surface area contributed by atoms with Crippen LogP contribution in [0.2, 0.25) is 0 Å². The Hall–Kier alpha value is -1.04. The van der Waals surface area contributed by atoms with Gasteiger partial charge in [-0.05, 0) is 18.8 Å². The molecule has 1 amide bonds. The van der Waals surface area contributed by atoms with E-state index in [4.69, 9.17) is 0 Å². The van der Waals surface area contributed by atoms with Crippen LogP contribution in [0.5, 0.6) is 0 Å². The van der Waals surface area contributed by atoms with E-state index in [2.05, 4.69) is 11.4 Å². The molecule has 1 unspecified atom stereocenters. The number of rotatable bonds is 3. The fourth-order valence-corrected chi connectivity index (χ4v) is 2.25. The highest BCUT2D eigenvalue weighted by Gasteiger charge is 2.34. The van der Waals surface area contributed by atoms with Crippen LogP contribution in [-0.2, 0) is 4.79 Å². The third-order valence-electron chi connectivity index (χ3n) is 3.95. The molecule has 0 aromatic heterocycles. The lowest BCUT2D eigenvalue weighted by Crippen LogP contribution is -2.49. The first-order valence-electron chi connectivity index (χ1n) is 6.74. The summed E-state index contributed by atoms with van der Waals surface area (Å²) >= 11 is 0. The molecular formula is C14H24N2O. The lowest BCUT2D eigenvalue weighted by molar-refractivity contribution is -0.127. The largest absolute Gasteiger partial charge is 0.338 e. The molecule has 1 aliphatic rings. The van der Waals surface area contributed by atoms with Crippen molar-refractivity contribution in [1.82, 2.24) is 5.32 Å². The summed E-state index contributed by atoms with van der Waals surface area (Å²) in [4.78, 5) is 12.1. The zero-order valence-corrected chi connectivity index (χ0v) is 11.3. The molecule has 1 fully saturated rings. The van der Waals surface area contributed by atoms with E-state index < -0.39 is 5.54 Å². The van der Waals surface area contributed by atoms with Crippen LogP contribution in [0.1, 0.15) is 59.3 Å². The Labute approximate surface area is 105 Å². The topological polar surface area (TPSA) is 52.9 Å². The first kappa shape index (κ1) is 14.0. The number of hydrogen-bond acceptors (Lipinski definition) is 2. The molecule has 1 rings (SSSR count). The average Bonchev–Trinajstić information content (AvgIpc) is 2.54. The molecule has 17 heavy (non-hydrogen) atoms. The van der Waals surface area contributed by atoms with Crippen LogP contribution in [0.4, 0.5) is 0 Å². The molecule has 1 saturated carbocycles. The van der Waals surface area contributed by atoms with Crippen LogP contribution in [0.15, 0.2) is 0 Å². The van der Waals surface area contributed by atoms with E-state index in [0.717, 1.165) is 25.7 Å². The van der Waals surface area contributed by atoms with Gasteiger partial charge in [0.25, 0.3) is 0 Å². The number of carbonyl (C=O) groups excluding carboxylic acids is 1. The van der Waals surface area contributed by atoms with E-state index in [0.29, 0.717) is 5.92 Å². The van der Waals surface area contributed by atoms with E-state index in [1.807, 2.05) is 20.8 Å². The molecule has 0 spiro atoms. The molecule has 1 N–H and O–H groups in total. The highest BCUT2D eigenvalue weighted by atomic mass is 16.2. The quantitative estimate of drug-likeness (QED) is 0.766. The van der Waals surface area contributed by atoms with Gasteiger partial charge in [-0.3, -0.25) is 4.79 Å². The maximum Gasteiger partial charge on any atom is 0.224 e. The summed E-state index contributed by atoms with van der Waals surface area (Å²) < 4.78 is 0. The van der Waals surface area contributed by atoms with Gasteiger partial charge in [0.05, 0.1) is 6.07 Å². The SMILES string of the molecule is CC(C)C(C)C(=O)NC1(C#N)CCCCCC1. The number of nitrogens with one attached hydrogen (secondary N) is 1. The summed E-state index contributed by atoms with van der Waals surface area (Å²) in [5.41, 5.74) is -0.600. The Morgan fingerprint density at radius 2 is 1.71 bits per heavy atom. The highest BCUT2D eigenvalue weighted by molar-refractivity contribution is 5.79. The maximum atomic E-state index is 12.1. The Kier molecular flexibility index (Phi) is 4.99. The molecule has 0 heterocycles. The van der Waals surface area contributed by atoms with Crippen molar-refractivity contribution >= 4 is 5.91 Å². The van der Waals surface area contributed by atoms with E-state index >= 15 is 0 Å². The van der Waals surface area contributed by atoms with Gasteiger partial charge in [0, 0.05) is 5.92 Å². The molecule has 0 radical (unpaired) electrons. The summed E-state index contributed by atoms with van der Waals surface area (Å²) in [7, 11) is 0. The Morgan fingerprint density at radius 1 is 1.18 bits per heavy atom. The number of nitrogens with zero attached hydrogens (tertiary/aromatic N) is 1. The second-order valence-electron chi connectivity index (χ2n) is 5.63. The lowest BCUT2D eigenvalue weighted by atomic mass is 9.89. The zero-order valence-electron chi connectivity index (χ0n) is 11.3. The minimum atomic E-state index is -0.600. The van der Waals surface area contributed by atoms with Gasteiger partial charge in [-0.25, -0.2) is 0 Å². The van der Waals surface area contributed by atoms with Gasteiger partial charge in [-0.2, -0.15) is 5.26 Å². The number of nitriles is 1. The summed E-state index contributed by atoms with van der Waals surface area (Å²) in [5, 5.41) is 12.4. The smallest absolute Gasteiger partial charge is 0.224 e. The average molecular weight is 236 g/mol. The van der Waals surface area contributed by atoms with Gasteiger partial charge < -0.3 is 5.32 Å². The van der Waals surface area contributed by atoms with Crippen molar-refractivity contribution in [3.05, 3.63) is 0 Å². The van der Waals surface area contributed by atoms with E-state index in [1.54, 1.807) is 0 Å². The summed E-state index contributed by atoms with van der Waals surface area (Å²) in [6.45, 7) is 6.01. The van der Waals surface area contributed by atoms with Gasteiger partial charge >= 0.3 is 0 Å². The van der Waals surface area contributed by atoms with Crippen molar-refractivity contribution in [1.29, 1.82) is 5.26 Å². The molecule has 0 aliphatic heterocycles. The Morgan fingerprint density at radius 3 is 2.12 bits per heavy atom. The molecule has 1 aliphatic carbocycles. The van der Waals surface area contributed by atoms with Crippen LogP contribution in [0.3, 0.4) is 0 Å². The van der Waals surface area contributed by atoms with E-state index in [1.165, 1.54) is 12.8 Å². The third kappa shape index (κ3) is 3.73. The van der Waals surface area contributed by atoms with E-state index in [-0.39, 0.29) is 11.8 Å². The van der Waals surface area contributed by atoms with Gasteiger partial charge in [0.1, 0.15) is 5.54 Å². The number of carbonyl (C=O) groups is 1. The normalized spacial score (nSPS) is 21.4. The lowest BCUT2D eigenvalue weighted by Gasteiger charge is -2.28. The van der Waals surface area contributed by atoms with Crippen LogP contribution < -0.4 is 5.32 Å². The maximum absolute atomic E-state index is 12.1. The number of amides is 1. The predicted octanol–water partition coefficient (Wildman–Crippen LogP) is 3.01. The zero-order chi connectivity index (χ0) is 12.9. The van der Waals surface area contributed by atoms with Crippen molar-refractivity contribution in [3.8, 4) is 6.07 Å². The molecule has 0 aromatic rings. The van der Waals surface area contributed by atoms with E-state index in [9.17, 15) is 10.1 Å². The second-order valence-corrected chi connectivity index (χ2v) is 5.63. The number of hydrogen-bond donors (Lipinski definition) is 1. The molecule has 1 atom stereocenters. The van der Waals surface area contributed by atoms with Gasteiger partial charge in [0.2, 0.25) is 5.91 Å².